The van der Waals surface area contributed by atoms with Gasteiger partial charge in [0.2, 0.25) is 0 Å². The van der Waals surface area contributed by atoms with E-state index in [4.69, 9.17) is 9.47 Å². The molecule has 4 aliphatic carbocycles. The minimum absolute atomic E-state index is 0.0456. The first kappa shape index (κ1) is 17.8. The molecule has 4 rings (SSSR count). The number of hydrogen-bond donors (Lipinski definition) is 0. The average Bonchev–Trinajstić information content (AvgIpc) is 2.54. The zero-order valence-electron chi connectivity index (χ0n) is 15.3. The van der Waals surface area contributed by atoms with Gasteiger partial charge in [0.05, 0.1) is 24.0 Å². The summed E-state index contributed by atoms with van der Waals surface area (Å²) in [5.74, 6) is 0.888. The van der Waals surface area contributed by atoms with Gasteiger partial charge in [0, 0.05) is 0 Å². The molecule has 0 heterocycles. The Bertz CT molecular complexity index is 430. The third kappa shape index (κ3) is 3.21. The van der Waals surface area contributed by atoms with Crippen LogP contribution in [0.25, 0.3) is 0 Å². The van der Waals surface area contributed by atoms with Gasteiger partial charge < -0.3 is 9.47 Å². The van der Waals surface area contributed by atoms with Crippen LogP contribution in [0.1, 0.15) is 78.1 Å². The zero-order chi connectivity index (χ0) is 17.2. The lowest BCUT2D eigenvalue weighted by molar-refractivity contribution is -0.194. The van der Waals surface area contributed by atoms with Crippen molar-refractivity contribution < 1.29 is 19.1 Å². The second kappa shape index (κ2) is 7.05. The van der Waals surface area contributed by atoms with Crippen molar-refractivity contribution in [3.63, 3.8) is 0 Å². The average molecular weight is 336 g/mol. The van der Waals surface area contributed by atoms with Crippen molar-refractivity contribution in [2.24, 2.45) is 22.7 Å². The Morgan fingerprint density at radius 3 is 1.62 bits per heavy atom. The number of esters is 2. The summed E-state index contributed by atoms with van der Waals surface area (Å²) in [6.07, 6.45) is 9.38. The van der Waals surface area contributed by atoms with Crippen molar-refractivity contribution in [3.05, 3.63) is 0 Å². The topological polar surface area (TPSA) is 52.6 Å². The van der Waals surface area contributed by atoms with E-state index in [0.717, 1.165) is 51.4 Å². The van der Waals surface area contributed by atoms with Crippen molar-refractivity contribution in [1.82, 2.24) is 0 Å². The van der Waals surface area contributed by atoms with Crippen molar-refractivity contribution in [3.8, 4) is 0 Å². The molecule has 0 saturated heterocycles. The molecule has 4 bridgehead atoms. The Hall–Kier alpha value is -1.06. The Morgan fingerprint density at radius 2 is 1.25 bits per heavy atom. The van der Waals surface area contributed by atoms with Gasteiger partial charge >= 0.3 is 11.9 Å². The molecule has 4 nitrogen and oxygen atoms in total. The molecule has 24 heavy (non-hydrogen) atoms. The van der Waals surface area contributed by atoms with Crippen LogP contribution < -0.4 is 0 Å². The van der Waals surface area contributed by atoms with Crippen LogP contribution in [0, 0.1) is 22.7 Å². The highest BCUT2D eigenvalue weighted by Gasteiger charge is 2.64. The van der Waals surface area contributed by atoms with E-state index < -0.39 is 10.8 Å². The highest BCUT2D eigenvalue weighted by molar-refractivity contribution is 5.83. The lowest BCUT2D eigenvalue weighted by Crippen LogP contribution is -2.58. The van der Waals surface area contributed by atoms with Gasteiger partial charge in [-0.3, -0.25) is 9.59 Å². The molecule has 0 aromatic carbocycles. The molecule has 0 atom stereocenters. The smallest absolute Gasteiger partial charge is 0.312 e. The van der Waals surface area contributed by atoms with Gasteiger partial charge in [0.25, 0.3) is 0 Å². The molecule has 0 unspecified atom stereocenters. The van der Waals surface area contributed by atoms with Crippen LogP contribution in [0.3, 0.4) is 0 Å². The normalized spacial score (nSPS) is 36.6. The van der Waals surface area contributed by atoms with Gasteiger partial charge in [-0.1, -0.05) is 26.7 Å². The summed E-state index contributed by atoms with van der Waals surface area (Å²) in [5, 5.41) is 0. The van der Waals surface area contributed by atoms with Gasteiger partial charge in [-0.25, -0.2) is 0 Å². The second-order valence-electron chi connectivity index (χ2n) is 8.50. The molecular weight excluding hydrogens is 304 g/mol. The summed E-state index contributed by atoms with van der Waals surface area (Å²) < 4.78 is 11.2. The number of ether oxygens (including phenoxy) is 2. The van der Waals surface area contributed by atoms with E-state index in [1.54, 1.807) is 0 Å². The lowest BCUT2D eigenvalue weighted by atomic mass is 9.44. The standard InChI is InChI=1S/C20H32O4/c1-3-5-7-23-17(21)19-10-15-9-16(11-19)13-20(12-15,14-19)18(22)24-8-6-4-2/h15-16H,3-14H2,1-2H3. The van der Waals surface area contributed by atoms with E-state index in [1.807, 2.05) is 0 Å². The molecule has 4 fully saturated rings. The van der Waals surface area contributed by atoms with Gasteiger partial charge in [0.1, 0.15) is 0 Å². The van der Waals surface area contributed by atoms with Crippen LogP contribution in [0.4, 0.5) is 0 Å². The third-order valence-corrected chi connectivity index (χ3v) is 6.39. The molecular formula is C20H32O4. The van der Waals surface area contributed by atoms with Crippen molar-refractivity contribution in [2.45, 2.75) is 78.1 Å². The summed E-state index contributed by atoms with van der Waals surface area (Å²) in [6.45, 7) is 5.22. The lowest BCUT2D eigenvalue weighted by Gasteiger charge is -2.59. The largest absolute Gasteiger partial charge is 0.465 e. The highest BCUT2D eigenvalue weighted by atomic mass is 16.5. The Kier molecular flexibility index (Phi) is 5.22. The maximum atomic E-state index is 12.8. The van der Waals surface area contributed by atoms with Gasteiger partial charge in [-0.2, -0.15) is 0 Å². The van der Waals surface area contributed by atoms with Crippen LogP contribution in [0.2, 0.25) is 0 Å². The third-order valence-electron chi connectivity index (χ3n) is 6.39. The molecule has 0 amide bonds. The quantitative estimate of drug-likeness (QED) is 0.491. The fraction of sp³-hybridized carbons (Fsp3) is 0.900. The van der Waals surface area contributed by atoms with Crippen LogP contribution in [0.5, 0.6) is 0 Å². The number of unbranched alkanes of at least 4 members (excludes halogenated alkanes) is 2. The van der Waals surface area contributed by atoms with Gasteiger partial charge in [-0.15, -0.1) is 0 Å². The maximum absolute atomic E-state index is 12.8. The van der Waals surface area contributed by atoms with Crippen LogP contribution in [-0.2, 0) is 19.1 Å². The van der Waals surface area contributed by atoms with Gasteiger partial charge in [0.15, 0.2) is 0 Å². The molecule has 0 aromatic rings. The van der Waals surface area contributed by atoms with E-state index in [-0.39, 0.29) is 11.9 Å². The van der Waals surface area contributed by atoms with E-state index in [9.17, 15) is 9.59 Å². The Labute approximate surface area is 145 Å². The molecule has 4 heteroatoms. The number of carbonyl (C=O) groups is 2. The van der Waals surface area contributed by atoms with E-state index in [1.165, 1.54) is 6.42 Å². The molecule has 136 valence electrons. The first-order chi connectivity index (χ1) is 11.5. The molecule has 0 spiro atoms. The fourth-order valence-electron chi connectivity index (χ4n) is 5.66. The predicted molar refractivity (Wildman–Crippen MR) is 91.3 cm³/mol. The first-order valence-corrected chi connectivity index (χ1v) is 9.88. The summed E-state index contributed by atoms with van der Waals surface area (Å²) in [4.78, 5) is 25.6. The van der Waals surface area contributed by atoms with Crippen molar-refractivity contribution in [2.75, 3.05) is 13.2 Å². The zero-order valence-corrected chi connectivity index (χ0v) is 15.3. The maximum Gasteiger partial charge on any atom is 0.312 e. The molecule has 0 aliphatic heterocycles. The monoisotopic (exact) mass is 336 g/mol. The van der Waals surface area contributed by atoms with Crippen molar-refractivity contribution >= 4 is 11.9 Å². The summed E-state index contributed by atoms with van der Waals surface area (Å²) in [7, 11) is 0. The number of carbonyl (C=O) groups excluding carboxylic acids is 2. The highest BCUT2D eigenvalue weighted by Crippen LogP contribution is 2.65. The van der Waals surface area contributed by atoms with Crippen LogP contribution >= 0.6 is 0 Å². The van der Waals surface area contributed by atoms with Gasteiger partial charge in [-0.05, 0) is 63.2 Å². The van der Waals surface area contributed by atoms with E-state index >= 15 is 0 Å². The minimum atomic E-state index is -0.415. The second-order valence-corrected chi connectivity index (χ2v) is 8.50. The van der Waals surface area contributed by atoms with Crippen molar-refractivity contribution in [1.29, 1.82) is 0 Å². The molecule has 4 aliphatic rings. The van der Waals surface area contributed by atoms with Crippen LogP contribution in [-0.4, -0.2) is 25.2 Å². The van der Waals surface area contributed by atoms with E-state index in [0.29, 0.717) is 31.5 Å². The van der Waals surface area contributed by atoms with Crippen LogP contribution in [0.15, 0.2) is 0 Å². The van der Waals surface area contributed by atoms with E-state index in [2.05, 4.69) is 13.8 Å². The Balaban J connectivity index is 1.72. The summed E-state index contributed by atoms with van der Waals surface area (Å²) in [5.41, 5.74) is -0.830. The minimum Gasteiger partial charge on any atom is -0.465 e. The SMILES string of the molecule is CCCCOC(=O)C12CC3CC(C1)CC(C(=O)OCCCC)(C3)C2. The summed E-state index contributed by atoms with van der Waals surface area (Å²) in [6, 6.07) is 0. The first-order valence-electron chi connectivity index (χ1n) is 9.88. The summed E-state index contributed by atoms with van der Waals surface area (Å²) >= 11 is 0. The fourth-order valence-corrected chi connectivity index (χ4v) is 5.66. The molecule has 0 aromatic heterocycles. The molecule has 0 radical (unpaired) electrons. The number of rotatable bonds is 8. The Morgan fingerprint density at radius 1 is 0.833 bits per heavy atom. The molecule has 0 N–H and O–H groups in total. The molecule has 4 saturated carbocycles. The predicted octanol–water partition coefficient (Wildman–Crippen LogP) is 4.26. The number of hydrogen-bond acceptors (Lipinski definition) is 4.